The Morgan fingerprint density at radius 3 is 1.10 bits per heavy atom. The monoisotopic (exact) mass is 1740 g/mol. The molecule has 3 aliphatic carbocycles. The van der Waals surface area contributed by atoms with E-state index in [4.69, 9.17) is 4.74 Å². The van der Waals surface area contributed by atoms with E-state index in [0.717, 1.165) is 189 Å². The molecule has 0 unspecified atom stereocenters. The zero-order valence-electron chi connectivity index (χ0n) is 68.9. The maximum absolute atomic E-state index is 13.5. The number of fused-ring (bicyclic) bond motifs is 3. The van der Waals surface area contributed by atoms with Crippen LogP contribution in [0.25, 0.3) is 0 Å². The number of benzene rings is 6. The SMILES string of the molecule is CC(=O)O[C@@H]1C[C@@H](CC(=O)N[C@@H]2CCCc3cc(CNC(C)(C)C)ccc32)N(S(=O)(=O)c2cccc(C(F)(F)F)c2)C1.CC(C)(C)NCc1ccc2c(c1)CCC[C@H]2NC(=O)C[C@@H]1CC(=O)CN1S(=O)(=O)c1cccc(C(F)(F)F)c1.CC(C)(C)NCc1ccc2c(c1)CCC[C@H]2NC(=O)C[C@@H]1C[C@@H](O)CN1S(=O)(=O)c1cccc(C(F)(F)F)c1. The van der Waals surface area contributed by atoms with Gasteiger partial charge in [0, 0.05) is 99.9 Å². The first-order valence-electron chi connectivity index (χ1n) is 40.2. The molecule has 0 radical (unpaired) electrons. The van der Waals surface area contributed by atoms with Gasteiger partial charge in [-0.1, -0.05) is 72.8 Å². The third kappa shape index (κ3) is 25.3. The summed E-state index contributed by atoms with van der Waals surface area (Å²) in [6, 6.07) is 25.6. The molecule has 3 aliphatic heterocycles. The number of ketones is 1. The Morgan fingerprint density at radius 2 is 0.767 bits per heavy atom. The number of amides is 3. The molecule has 3 saturated heterocycles. The van der Waals surface area contributed by atoms with E-state index in [1.54, 1.807) is 0 Å². The first-order chi connectivity index (χ1) is 55.8. The molecule has 3 heterocycles. The number of ether oxygens (including phenoxy) is 1. The maximum atomic E-state index is 13.5. The number of Topliss-reactive ketones (excluding diaryl/α,β-unsaturated/α-hetero) is 1. The third-order valence-corrected chi connectivity index (χ3v) is 27.5. The summed E-state index contributed by atoms with van der Waals surface area (Å²) < 4.78 is 207. The number of carbonyl (C=O) groups is 5. The molecule has 34 heteroatoms. The van der Waals surface area contributed by atoms with Crippen molar-refractivity contribution in [2.45, 2.75) is 283 Å². The number of nitrogens with one attached hydrogen (secondary N) is 6. The van der Waals surface area contributed by atoms with Gasteiger partial charge in [-0.15, -0.1) is 0 Å². The number of alkyl halides is 9. The first-order valence-corrected chi connectivity index (χ1v) is 44.5. The second-order valence-electron chi connectivity index (χ2n) is 34.9. The minimum absolute atomic E-state index is 0.0112. The van der Waals surface area contributed by atoms with E-state index in [1.807, 2.05) is 36.4 Å². The van der Waals surface area contributed by atoms with Gasteiger partial charge in [0.2, 0.25) is 47.8 Å². The molecule has 0 spiro atoms. The van der Waals surface area contributed by atoms with Crippen molar-refractivity contribution in [3.63, 3.8) is 0 Å². The molecule has 6 aromatic carbocycles. The highest BCUT2D eigenvalue weighted by Gasteiger charge is 2.47. The number of aliphatic hydroxyl groups is 1. The zero-order chi connectivity index (χ0) is 88.0. The molecule has 3 fully saturated rings. The summed E-state index contributed by atoms with van der Waals surface area (Å²) in [5, 5.41) is 29.7. The lowest BCUT2D eigenvalue weighted by Crippen LogP contribution is -2.40. The lowest BCUT2D eigenvalue weighted by molar-refractivity contribution is -0.145. The predicted octanol–water partition coefficient (Wildman–Crippen LogP) is 13.7. The van der Waals surface area contributed by atoms with Crippen LogP contribution in [0.5, 0.6) is 0 Å². The van der Waals surface area contributed by atoms with E-state index in [0.29, 0.717) is 18.2 Å². The van der Waals surface area contributed by atoms with Crippen molar-refractivity contribution in [2.75, 3.05) is 19.6 Å². The highest BCUT2D eigenvalue weighted by atomic mass is 32.2. The topological polar surface area (TPSA) is 299 Å². The summed E-state index contributed by atoms with van der Waals surface area (Å²) in [7, 11) is -13.2. The number of halogens is 9. The van der Waals surface area contributed by atoms with Gasteiger partial charge in [-0.25, -0.2) is 25.3 Å². The minimum atomic E-state index is -4.73. The van der Waals surface area contributed by atoms with Gasteiger partial charge < -0.3 is 41.7 Å². The molecule has 7 N–H and O–H groups in total. The number of sulfonamides is 3. The van der Waals surface area contributed by atoms with Crippen LogP contribution in [0, 0.1) is 0 Å². The first kappa shape index (κ1) is 94.1. The Morgan fingerprint density at radius 1 is 0.442 bits per heavy atom. The molecule has 8 atom stereocenters. The maximum Gasteiger partial charge on any atom is 0.416 e. The van der Waals surface area contributed by atoms with Gasteiger partial charge >= 0.3 is 24.5 Å². The van der Waals surface area contributed by atoms with Crippen LogP contribution in [0.2, 0.25) is 0 Å². The number of esters is 1. The second kappa shape index (κ2) is 37.9. The van der Waals surface area contributed by atoms with Gasteiger partial charge in [0.15, 0.2) is 0 Å². The average Bonchev–Trinajstić information content (AvgIpc) is 1.56. The number of hydrogen-bond donors (Lipinski definition) is 7. The molecule has 12 rings (SSSR count). The number of β-amino-alcohol motifs (C(OH)–C–C–N with tert-alkyl or cyclic N) is 1. The summed E-state index contributed by atoms with van der Waals surface area (Å²) in [5.41, 5.74) is 6.69. The molecular weight excluding hydrogens is 1630 g/mol. The van der Waals surface area contributed by atoms with Crippen molar-refractivity contribution in [1.82, 2.24) is 44.8 Å². The summed E-state index contributed by atoms with van der Waals surface area (Å²) in [6.45, 7) is 21.2. The van der Waals surface area contributed by atoms with Crippen LogP contribution in [-0.4, -0.2) is 139 Å². The number of nitrogens with zero attached hydrogens (tertiary/aromatic N) is 3. The van der Waals surface area contributed by atoms with E-state index in [1.165, 1.54) is 12.5 Å². The number of aliphatic hydroxyl groups excluding tert-OH is 1. The molecule has 120 heavy (non-hydrogen) atoms. The number of rotatable bonds is 22. The Labute approximate surface area is 696 Å². The number of aryl methyl sites for hydroxylation is 3. The van der Waals surface area contributed by atoms with E-state index < -0.39 is 129 Å². The van der Waals surface area contributed by atoms with Gasteiger partial charge in [-0.2, -0.15) is 52.4 Å². The van der Waals surface area contributed by atoms with Gasteiger partial charge in [0.05, 0.1) is 68.7 Å². The Hall–Kier alpha value is -8.19. The van der Waals surface area contributed by atoms with E-state index in [2.05, 4.69) is 112 Å². The Bertz CT molecular complexity index is 5070. The highest BCUT2D eigenvalue weighted by molar-refractivity contribution is 7.89. The molecule has 3 amide bonds. The molecule has 6 aromatic rings. The summed E-state index contributed by atoms with van der Waals surface area (Å²) >= 11 is 0. The molecule has 6 aliphatic rings. The highest BCUT2D eigenvalue weighted by Crippen LogP contribution is 2.41. The molecule has 0 bridgehead atoms. The quantitative estimate of drug-likeness (QED) is 0.0245. The van der Waals surface area contributed by atoms with E-state index in [9.17, 15) is 93.8 Å². The molecular formula is C86H108F9N9O13S3. The fraction of sp³-hybridized carbons (Fsp3) is 0.523. The average molecular weight is 1740 g/mol. The van der Waals surface area contributed by atoms with Crippen molar-refractivity contribution >= 4 is 59.5 Å². The van der Waals surface area contributed by atoms with Gasteiger partial charge in [-0.3, -0.25) is 24.0 Å². The fourth-order valence-electron chi connectivity index (χ4n) is 16.0. The van der Waals surface area contributed by atoms with Crippen LogP contribution in [-0.2, 0) is 116 Å². The summed E-state index contributed by atoms with van der Waals surface area (Å²) in [4.78, 5) is 61.6. The van der Waals surface area contributed by atoms with Gasteiger partial charge in [0.25, 0.3) is 0 Å². The van der Waals surface area contributed by atoms with Crippen molar-refractivity contribution in [3.8, 4) is 0 Å². The molecule has 0 aromatic heterocycles. The minimum Gasteiger partial charge on any atom is -0.461 e. The molecule has 656 valence electrons. The van der Waals surface area contributed by atoms with Crippen LogP contribution in [0.3, 0.4) is 0 Å². The lowest BCUT2D eigenvalue weighted by atomic mass is 9.86. The Balaban J connectivity index is 0.000000189. The summed E-state index contributed by atoms with van der Waals surface area (Å²) in [6.07, 6.45) is -9.21. The standard InChI is InChI=1S/C30H38F3N3O5S.C28H36F3N3O4S.C28H34F3N3O4S/c1-19(37)41-24-15-23(36(18-24)42(39,40)25-9-6-8-22(14-25)30(31,32)33)16-28(38)35-27-10-5-7-21-13-20(11-12-26(21)27)17-34-29(2,3)4;2*1-27(2,3)32-16-18-10-11-24-19(12-18)6-4-9-25(24)33-26(36)15-21-14-22(35)17-34(21)39(37,38)23-8-5-7-20(13-23)28(29,30)31/h6,8-9,11-14,23-24,27,34H,5,7,10,15-18H2,1-4H3,(H,35,38);5,7-8,10-13,21-22,25,32,35H,4,6,9,14-17H2,1-3H3,(H,33,36);5,7-8,10-13,21,25,32H,4,6,9,14-17H2,1-3H3,(H,33,36)/t23-,24+,27+;21-,22+,25+;21-,25+/m000/s1. The predicted molar refractivity (Wildman–Crippen MR) is 432 cm³/mol. The van der Waals surface area contributed by atoms with Crippen LogP contribution >= 0.6 is 0 Å². The van der Waals surface area contributed by atoms with Crippen molar-refractivity contribution in [2.24, 2.45) is 0 Å². The molecule has 22 nitrogen and oxygen atoms in total. The smallest absolute Gasteiger partial charge is 0.416 e. The van der Waals surface area contributed by atoms with Crippen LogP contribution < -0.4 is 31.9 Å². The van der Waals surface area contributed by atoms with Crippen molar-refractivity contribution in [1.29, 1.82) is 0 Å². The largest absolute Gasteiger partial charge is 0.461 e. The van der Waals surface area contributed by atoms with Crippen molar-refractivity contribution in [3.05, 3.63) is 194 Å². The zero-order valence-corrected chi connectivity index (χ0v) is 71.4. The van der Waals surface area contributed by atoms with Crippen molar-refractivity contribution < 1.29 is 98.6 Å². The van der Waals surface area contributed by atoms with Crippen LogP contribution in [0.15, 0.2) is 142 Å². The van der Waals surface area contributed by atoms with E-state index in [-0.39, 0.29) is 104 Å². The Kier molecular flexibility index (Phi) is 29.7. The van der Waals surface area contributed by atoms with E-state index >= 15 is 0 Å². The van der Waals surface area contributed by atoms with Gasteiger partial charge in [0.1, 0.15) is 11.9 Å². The van der Waals surface area contributed by atoms with Gasteiger partial charge in [-0.05, 0) is 231 Å². The number of hydrogen-bond acceptors (Lipinski definition) is 16. The number of carbonyl (C=O) groups excluding carboxylic acids is 5. The normalized spacial score (nSPS) is 21.6. The fourth-order valence-corrected chi connectivity index (χ4v) is 21.0. The lowest BCUT2D eigenvalue weighted by Gasteiger charge is -2.29. The summed E-state index contributed by atoms with van der Waals surface area (Å²) in [5.74, 6) is -2.16. The van der Waals surface area contributed by atoms with Crippen LogP contribution in [0.4, 0.5) is 39.5 Å². The second-order valence-corrected chi connectivity index (χ2v) is 40.6. The van der Waals surface area contributed by atoms with Crippen LogP contribution in [0.1, 0.15) is 231 Å². The third-order valence-electron chi connectivity index (χ3n) is 21.8. The molecule has 0 saturated carbocycles.